The fraction of sp³-hybridized carbons (Fsp3) is 0.800. The smallest absolute Gasteiger partial charge is 0.243 e. The first-order valence-corrected chi connectivity index (χ1v) is 8.27. The van der Waals surface area contributed by atoms with E-state index in [0.29, 0.717) is 5.89 Å². The summed E-state index contributed by atoms with van der Waals surface area (Å²) in [4.78, 5) is 21.1. The van der Waals surface area contributed by atoms with E-state index in [-0.39, 0.29) is 30.4 Å². The molecule has 2 atom stereocenters. The largest absolute Gasteiger partial charge is 0.339 e. The highest BCUT2D eigenvalue weighted by Gasteiger charge is 2.31. The van der Waals surface area contributed by atoms with Crippen LogP contribution in [-0.2, 0) is 11.2 Å². The van der Waals surface area contributed by atoms with Crippen LogP contribution in [0.5, 0.6) is 0 Å². The average molecular weight is 344 g/mol. The van der Waals surface area contributed by atoms with Crippen LogP contribution in [0, 0.1) is 0 Å². The van der Waals surface area contributed by atoms with Crippen LogP contribution in [0.1, 0.15) is 44.4 Å². The van der Waals surface area contributed by atoms with Crippen molar-refractivity contribution in [1.29, 1.82) is 0 Å². The van der Waals surface area contributed by atoms with Crippen LogP contribution in [0.3, 0.4) is 0 Å². The lowest BCUT2D eigenvalue weighted by Crippen LogP contribution is -2.53. The Bertz CT molecular complexity index is 510. The Labute approximate surface area is 143 Å². The molecule has 2 fully saturated rings. The zero-order valence-corrected chi connectivity index (χ0v) is 14.6. The highest BCUT2D eigenvalue weighted by Crippen LogP contribution is 2.21. The molecule has 3 heterocycles. The predicted octanol–water partition coefficient (Wildman–Crippen LogP) is 1.01. The van der Waals surface area contributed by atoms with Crippen molar-refractivity contribution in [2.75, 3.05) is 32.7 Å². The van der Waals surface area contributed by atoms with E-state index < -0.39 is 0 Å². The number of nitrogens with one attached hydrogen (secondary N) is 1. The van der Waals surface area contributed by atoms with E-state index in [1.54, 1.807) is 0 Å². The molecule has 2 saturated heterocycles. The maximum Gasteiger partial charge on any atom is 0.243 e. The summed E-state index contributed by atoms with van der Waals surface area (Å²) in [6, 6.07) is 0.140. The van der Waals surface area contributed by atoms with Crippen molar-refractivity contribution in [2.24, 2.45) is 0 Å². The number of carbonyl (C=O) groups excluding carboxylic acids is 1. The third kappa shape index (κ3) is 4.02. The van der Waals surface area contributed by atoms with Gasteiger partial charge in [-0.25, -0.2) is 0 Å². The minimum absolute atomic E-state index is 0. The molecule has 130 valence electrons. The number of hydrogen-bond donors (Lipinski definition) is 1. The molecular formula is C15H26ClN5O2. The van der Waals surface area contributed by atoms with E-state index in [2.05, 4.69) is 27.3 Å². The van der Waals surface area contributed by atoms with Gasteiger partial charge < -0.3 is 14.7 Å². The summed E-state index contributed by atoms with van der Waals surface area (Å²) >= 11 is 0. The van der Waals surface area contributed by atoms with Gasteiger partial charge in [-0.05, 0) is 26.3 Å². The summed E-state index contributed by atoms with van der Waals surface area (Å²) in [5, 5.41) is 7.25. The van der Waals surface area contributed by atoms with Gasteiger partial charge in [-0.15, -0.1) is 12.4 Å². The van der Waals surface area contributed by atoms with Gasteiger partial charge in [-0.2, -0.15) is 4.98 Å². The molecule has 0 bridgehead atoms. The first-order chi connectivity index (χ1) is 10.7. The molecule has 7 nitrogen and oxygen atoms in total. The predicted molar refractivity (Wildman–Crippen MR) is 88.5 cm³/mol. The van der Waals surface area contributed by atoms with Crippen LogP contribution >= 0.6 is 12.4 Å². The van der Waals surface area contributed by atoms with Gasteiger partial charge >= 0.3 is 0 Å². The molecule has 2 aliphatic heterocycles. The number of amides is 1. The highest BCUT2D eigenvalue weighted by molar-refractivity contribution is 5.85. The van der Waals surface area contributed by atoms with Crippen LogP contribution in [0.4, 0.5) is 0 Å². The summed E-state index contributed by atoms with van der Waals surface area (Å²) in [7, 11) is 0. The number of aryl methyl sites for hydroxylation is 1. The number of piperazine rings is 1. The number of halogens is 1. The van der Waals surface area contributed by atoms with Gasteiger partial charge in [0, 0.05) is 32.6 Å². The molecule has 1 N–H and O–H groups in total. The third-order valence-corrected chi connectivity index (χ3v) is 4.69. The van der Waals surface area contributed by atoms with E-state index in [1.165, 1.54) is 0 Å². The second-order valence-electron chi connectivity index (χ2n) is 6.09. The van der Waals surface area contributed by atoms with E-state index >= 15 is 0 Å². The summed E-state index contributed by atoms with van der Waals surface area (Å²) < 4.78 is 5.33. The maximum absolute atomic E-state index is 12.4. The Morgan fingerprint density at radius 1 is 1.39 bits per heavy atom. The van der Waals surface area contributed by atoms with Gasteiger partial charge in [0.05, 0.1) is 12.1 Å². The standard InChI is InChI=1S/C15H25N5O2.ClH/c1-3-13-17-14(22-18-13)11(2)19-7-9-20(10-8-19)15(21)12-5-4-6-16-12;/h11-12,16H,3-10H2,1-2H3;1H. The zero-order chi connectivity index (χ0) is 15.5. The van der Waals surface area contributed by atoms with Gasteiger partial charge in [0.25, 0.3) is 0 Å². The maximum atomic E-state index is 12.4. The van der Waals surface area contributed by atoms with Gasteiger partial charge in [-0.3, -0.25) is 9.69 Å². The molecule has 3 rings (SSSR count). The monoisotopic (exact) mass is 343 g/mol. The Morgan fingerprint density at radius 3 is 2.70 bits per heavy atom. The number of aromatic nitrogens is 2. The van der Waals surface area contributed by atoms with Crippen molar-refractivity contribution in [2.45, 2.75) is 45.2 Å². The summed E-state index contributed by atoms with van der Waals surface area (Å²) in [6.07, 6.45) is 2.86. The second-order valence-corrected chi connectivity index (χ2v) is 6.09. The van der Waals surface area contributed by atoms with Gasteiger partial charge in [0.15, 0.2) is 5.82 Å². The van der Waals surface area contributed by atoms with Gasteiger partial charge in [0.2, 0.25) is 11.8 Å². The van der Waals surface area contributed by atoms with E-state index in [0.717, 1.165) is 57.8 Å². The van der Waals surface area contributed by atoms with Crippen molar-refractivity contribution < 1.29 is 9.32 Å². The lowest BCUT2D eigenvalue weighted by Gasteiger charge is -2.37. The molecule has 2 unspecified atom stereocenters. The summed E-state index contributed by atoms with van der Waals surface area (Å²) in [5.41, 5.74) is 0. The lowest BCUT2D eigenvalue weighted by molar-refractivity contribution is -0.135. The van der Waals surface area contributed by atoms with E-state index in [9.17, 15) is 4.79 Å². The van der Waals surface area contributed by atoms with Crippen LogP contribution in [0.15, 0.2) is 4.52 Å². The summed E-state index contributed by atoms with van der Waals surface area (Å²) in [5.74, 6) is 1.69. The molecule has 0 aliphatic carbocycles. The number of rotatable bonds is 4. The van der Waals surface area contributed by atoms with E-state index in [1.807, 2.05) is 11.8 Å². The molecule has 1 aromatic rings. The Hall–Kier alpha value is -1.18. The van der Waals surface area contributed by atoms with E-state index in [4.69, 9.17) is 4.52 Å². The topological polar surface area (TPSA) is 74.5 Å². The first kappa shape index (κ1) is 18.2. The minimum Gasteiger partial charge on any atom is -0.339 e. The average Bonchev–Trinajstić information content (AvgIpc) is 3.25. The normalized spacial score (nSPS) is 23.6. The SMILES string of the molecule is CCc1noc(C(C)N2CCN(C(=O)C3CCCN3)CC2)n1.Cl. The van der Waals surface area contributed by atoms with Crippen molar-refractivity contribution in [3.05, 3.63) is 11.7 Å². The fourth-order valence-corrected chi connectivity index (χ4v) is 3.18. The Balaban J connectivity index is 0.00000192. The minimum atomic E-state index is 0. The molecule has 23 heavy (non-hydrogen) atoms. The number of carbonyl (C=O) groups is 1. The molecule has 1 aromatic heterocycles. The van der Waals surface area contributed by atoms with Crippen LogP contribution < -0.4 is 5.32 Å². The molecular weight excluding hydrogens is 318 g/mol. The lowest BCUT2D eigenvalue weighted by atomic mass is 10.1. The van der Waals surface area contributed by atoms with Gasteiger partial charge in [-0.1, -0.05) is 12.1 Å². The van der Waals surface area contributed by atoms with Crippen molar-refractivity contribution in [1.82, 2.24) is 25.3 Å². The second kappa shape index (κ2) is 8.08. The van der Waals surface area contributed by atoms with Crippen molar-refractivity contribution >= 4 is 18.3 Å². The molecule has 1 amide bonds. The zero-order valence-electron chi connectivity index (χ0n) is 13.8. The fourth-order valence-electron chi connectivity index (χ4n) is 3.18. The van der Waals surface area contributed by atoms with Crippen LogP contribution in [0.25, 0.3) is 0 Å². The third-order valence-electron chi connectivity index (χ3n) is 4.69. The summed E-state index contributed by atoms with van der Waals surface area (Å²) in [6.45, 7) is 8.31. The number of nitrogens with zero attached hydrogens (tertiary/aromatic N) is 4. The van der Waals surface area contributed by atoms with Gasteiger partial charge in [0.1, 0.15) is 0 Å². The molecule has 8 heteroatoms. The molecule has 0 aromatic carbocycles. The molecule has 2 aliphatic rings. The Morgan fingerprint density at radius 2 is 2.13 bits per heavy atom. The van der Waals surface area contributed by atoms with Crippen LogP contribution in [-0.4, -0.2) is 64.6 Å². The molecule has 0 radical (unpaired) electrons. The number of hydrogen-bond acceptors (Lipinski definition) is 6. The highest BCUT2D eigenvalue weighted by atomic mass is 35.5. The molecule has 0 saturated carbocycles. The quantitative estimate of drug-likeness (QED) is 0.879. The first-order valence-electron chi connectivity index (χ1n) is 8.27. The van der Waals surface area contributed by atoms with Crippen LogP contribution in [0.2, 0.25) is 0 Å². The Kier molecular flexibility index (Phi) is 6.38. The van der Waals surface area contributed by atoms with Crippen molar-refractivity contribution in [3.8, 4) is 0 Å². The van der Waals surface area contributed by atoms with Crippen molar-refractivity contribution in [3.63, 3.8) is 0 Å². The molecule has 0 spiro atoms.